The zero-order valence-electron chi connectivity index (χ0n) is 22.9. The van der Waals surface area contributed by atoms with Gasteiger partial charge in [-0.1, -0.05) is 103 Å². The Kier molecular flexibility index (Phi) is 7.47. The second-order valence-electron chi connectivity index (χ2n) is 10.9. The summed E-state index contributed by atoms with van der Waals surface area (Å²) in [4.78, 5) is 22.8. The summed E-state index contributed by atoms with van der Waals surface area (Å²) in [6.07, 6.45) is 2.01. The monoisotopic (exact) mass is 514 g/mol. The Hall–Kier alpha value is -4.44. The fourth-order valence-corrected chi connectivity index (χ4v) is 4.98. The first-order valence-corrected chi connectivity index (χ1v) is 13.3. The number of aromatic nitrogens is 1. The number of nitrogens with one attached hydrogen (secondary N) is 1. The molecule has 2 atom stereocenters. The lowest BCUT2D eigenvalue weighted by Crippen LogP contribution is -2.36. The van der Waals surface area contributed by atoms with E-state index >= 15 is 0 Å². The van der Waals surface area contributed by atoms with Crippen molar-refractivity contribution in [3.63, 3.8) is 0 Å². The molecule has 196 valence electrons. The number of benzene rings is 4. The van der Waals surface area contributed by atoms with Gasteiger partial charge in [0.15, 0.2) is 6.04 Å². The van der Waals surface area contributed by atoms with E-state index in [1.54, 1.807) is 0 Å². The van der Waals surface area contributed by atoms with Crippen LogP contribution in [-0.2, 0) is 9.53 Å². The van der Waals surface area contributed by atoms with Crippen molar-refractivity contribution in [2.45, 2.75) is 45.3 Å². The Bertz CT molecular complexity index is 1540. The number of carbonyl (C=O) groups excluding carboxylic acids is 1. The van der Waals surface area contributed by atoms with Gasteiger partial charge in [-0.05, 0) is 51.0 Å². The quantitative estimate of drug-likeness (QED) is 0.178. The normalized spacial score (nSPS) is 13.0. The van der Waals surface area contributed by atoms with Gasteiger partial charge in [-0.3, -0.25) is 4.99 Å². The van der Waals surface area contributed by atoms with Crippen LogP contribution in [-0.4, -0.2) is 28.3 Å². The number of fused-ring (bicyclic) bond motifs is 1. The summed E-state index contributed by atoms with van der Waals surface area (Å²) >= 11 is 0. The molecule has 0 bridgehead atoms. The van der Waals surface area contributed by atoms with E-state index in [-0.39, 0.29) is 11.9 Å². The molecule has 0 aliphatic rings. The number of aliphatic imine (C=N–C) groups is 1. The molecule has 0 radical (unpaired) electrons. The van der Waals surface area contributed by atoms with Crippen LogP contribution < -0.4 is 0 Å². The number of nitrogens with zero attached hydrogens (tertiary/aromatic N) is 1. The van der Waals surface area contributed by atoms with Crippen LogP contribution in [0.3, 0.4) is 0 Å². The van der Waals surface area contributed by atoms with Crippen LogP contribution in [0, 0.1) is 6.92 Å². The predicted molar refractivity (Wildman–Crippen MR) is 159 cm³/mol. The van der Waals surface area contributed by atoms with Crippen LogP contribution in [0.2, 0.25) is 0 Å². The third-order valence-electron chi connectivity index (χ3n) is 6.69. The summed E-state index contributed by atoms with van der Waals surface area (Å²) in [6.45, 7) is 7.77. The van der Waals surface area contributed by atoms with Crippen LogP contribution in [0.1, 0.15) is 54.5 Å². The first-order chi connectivity index (χ1) is 18.8. The minimum Gasteiger partial charge on any atom is -0.458 e. The van der Waals surface area contributed by atoms with Crippen molar-refractivity contribution in [3.05, 3.63) is 143 Å². The molecule has 4 heteroatoms. The van der Waals surface area contributed by atoms with Crippen molar-refractivity contribution in [2.24, 2.45) is 4.99 Å². The van der Waals surface area contributed by atoms with E-state index in [0.717, 1.165) is 44.4 Å². The molecule has 0 spiro atoms. The molecule has 5 aromatic rings. The molecule has 1 aromatic heterocycles. The van der Waals surface area contributed by atoms with E-state index in [1.165, 1.54) is 0 Å². The first-order valence-electron chi connectivity index (χ1n) is 13.3. The molecule has 39 heavy (non-hydrogen) atoms. The molecule has 4 aromatic carbocycles. The van der Waals surface area contributed by atoms with Gasteiger partial charge >= 0.3 is 5.97 Å². The van der Waals surface area contributed by atoms with Crippen molar-refractivity contribution in [2.75, 3.05) is 0 Å². The zero-order chi connectivity index (χ0) is 27.4. The summed E-state index contributed by atoms with van der Waals surface area (Å²) in [6, 6.07) is 35.7. The number of carbonyl (C=O) groups is 1. The SMILES string of the molecule is Cc1ccc2[nH]cc([C@H](c3ccccc3)[C@H](N=C(c3ccccc3)c3ccccc3)C(=O)OC(C)(C)C)c2c1. The summed E-state index contributed by atoms with van der Waals surface area (Å²) in [5.74, 6) is -0.734. The van der Waals surface area contributed by atoms with Crippen molar-refractivity contribution >= 4 is 22.6 Å². The second kappa shape index (κ2) is 11.1. The second-order valence-corrected chi connectivity index (χ2v) is 10.9. The minimum atomic E-state index is -0.832. The summed E-state index contributed by atoms with van der Waals surface area (Å²) < 4.78 is 6.05. The van der Waals surface area contributed by atoms with Crippen LogP contribution in [0.5, 0.6) is 0 Å². The fraction of sp³-hybridized carbons (Fsp3) is 0.200. The number of aryl methyl sites for hydroxylation is 1. The maximum atomic E-state index is 14.1. The highest BCUT2D eigenvalue weighted by molar-refractivity contribution is 6.13. The minimum absolute atomic E-state index is 0.359. The summed E-state index contributed by atoms with van der Waals surface area (Å²) in [5.41, 5.74) is 6.17. The maximum Gasteiger partial charge on any atom is 0.332 e. The summed E-state index contributed by atoms with van der Waals surface area (Å²) in [5, 5.41) is 1.08. The van der Waals surface area contributed by atoms with Gasteiger partial charge in [0.1, 0.15) is 5.60 Å². The molecule has 0 aliphatic carbocycles. The van der Waals surface area contributed by atoms with E-state index in [9.17, 15) is 4.79 Å². The Balaban J connectivity index is 1.78. The van der Waals surface area contributed by atoms with E-state index in [1.807, 2.05) is 106 Å². The van der Waals surface area contributed by atoms with Crippen molar-refractivity contribution in [1.29, 1.82) is 0 Å². The smallest absolute Gasteiger partial charge is 0.332 e. The average molecular weight is 515 g/mol. The van der Waals surface area contributed by atoms with E-state index in [0.29, 0.717) is 0 Å². The lowest BCUT2D eigenvalue weighted by atomic mass is 9.84. The molecular weight excluding hydrogens is 480 g/mol. The van der Waals surface area contributed by atoms with Gasteiger partial charge < -0.3 is 9.72 Å². The Morgan fingerprint density at radius 1 is 0.795 bits per heavy atom. The first kappa shape index (κ1) is 26.2. The lowest BCUT2D eigenvalue weighted by Gasteiger charge is -2.28. The molecule has 4 nitrogen and oxygen atoms in total. The van der Waals surface area contributed by atoms with Gasteiger partial charge in [-0.25, -0.2) is 4.79 Å². The number of rotatable bonds is 7. The van der Waals surface area contributed by atoms with Gasteiger partial charge in [0, 0.05) is 34.1 Å². The molecule has 5 rings (SSSR count). The molecular formula is C35H34N2O2. The van der Waals surface area contributed by atoms with Crippen molar-refractivity contribution < 1.29 is 9.53 Å². The number of esters is 1. The van der Waals surface area contributed by atoms with Gasteiger partial charge in [-0.15, -0.1) is 0 Å². The van der Waals surface area contributed by atoms with E-state index < -0.39 is 11.6 Å². The fourth-order valence-electron chi connectivity index (χ4n) is 4.98. The number of hydrogen-bond donors (Lipinski definition) is 1. The highest BCUT2D eigenvalue weighted by atomic mass is 16.6. The Labute approximate surface area is 230 Å². The highest BCUT2D eigenvalue weighted by Gasteiger charge is 2.36. The zero-order valence-corrected chi connectivity index (χ0v) is 22.9. The number of H-pyrrole nitrogens is 1. The average Bonchev–Trinajstić information content (AvgIpc) is 3.34. The molecule has 0 amide bonds. The van der Waals surface area contributed by atoms with Gasteiger partial charge in [0.2, 0.25) is 0 Å². The van der Waals surface area contributed by atoms with E-state index in [4.69, 9.17) is 9.73 Å². The maximum absolute atomic E-state index is 14.1. The number of aromatic amines is 1. The van der Waals surface area contributed by atoms with Crippen LogP contribution in [0.25, 0.3) is 10.9 Å². The van der Waals surface area contributed by atoms with Crippen LogP contribution in [0.4, 0.5) is 0 Å². The highest BCUT2D eigenvalue weighted by Crippen LogP contribution is 2.37. The van der Waals surface area contributed by atoms with Gasteiger partial charge in [-0.2, -0.15) is 0 Å². The molecule has 0 saturated carbocycles. The van der Waals surface area contributed by atoms with Crippen molar-refractivity contribution in [3.8, 4) is 0 Å². The lowest BCUT2D eigenvalue weighted by molar-refractivity contribution is -0.156. The number of ether oxygens (including phenoxy) is 1. The topological polar surface area (TPSA) is 54.5 Å². The van der Waals surface area contributed by atoms with Crippen LogP contribution >= 0.6 is 0 Å². The largest absolute Gasteiger partial charge is 0.458 e. The Morgan fingerprint density at radius 3 is 1.92 bits per heavy atom. The molecule has 0 unspecified atom stereocenters. The number of hydrogen-bond acceptors (Lipinski definition) is 3. The molecule has 0 fully saturated rings. The third-order valence-corrected chi connectivity index (χ3v) is 6.69. The van der Waals surface area contributed by atoms with Gasteiger partial charge in [0.25, 0.3) is 0 Å². The molecule has 0 aliphatic heterocycles. The predicted octanol–water partition coefficient (Wildman–Crippen LogP) is 7.86. The molecule has 0 saturated heterocycles. The molecule has 1 heterocycles. The molecule has 1 N–H and O–H groups in total. The third kappa shape index (κ3) is 6.01. The summed E-state index contributed by atoms with van der Waals surface area (Å²) in [7, 11) is 0. The van der Waals surface area contributed by atoms with Crippen molar-refractivity contribution in [1.82, 2.24) is 4.98 Å². The van der Waals surface area contributed by atoms with Crippen LogP contribution in [0.15, 0.2) is 120 Å². The Morgan fingerprint density at radius 2 is 1.36 bits per heavy atom. The van der Waals surface area contributed by atoms with E-state index in [2.05, 4.69) is 42.2 Å². The van der Waals surface area contributed by atoms with Gasteiger partial charge in [0.05, 0.1) is 5.71 Å². The standard InChI is InChI=1S/C35H34N2O2/c1-24-20-21-30-28(22-24)29(23-36-30)31(25-14-8-5-9-15-25)33(34(38)39-35(2,3)4)37-32(26-16-10-6-11-17-26)27-18-12-7-13-19-27/h5-23,31,33,36H,1-4H3/t31-,33-/m0/s1.